The van der Waals surface area contributed by atoms with Crippen LogP contribution in [0.4, 0.5) is 4.39 Å². The number of hydrogen-bond acceptors (Lipinski definition) is 3. The number of hydrazone groups is 1. The molecule has 2 aromatic rings. The highest BCUT2D eigenvalue weighted by Gasteiger charge is 2.06. The van der Waals surface area contributed by atoms with Crippen LogP contribution in [0.15, 0.2) is 53.9 Å². The summed E-state index contributed by atoms with van der Waals surface area (Å²) in [6, 6.07) is 8.60. The fourth-order valence-corrected chi connectivity index (χ4v) is 1.37. The van der Waals surface area contributed by atoms with Gasteiger partial charge in [0, 0.05) is 6.07 Å². The Bertz CT molecular complexity index is 612. The summed E-state index contributed by atoms with van der Waals surface area (Å²) in [5, 5.41) is 14.7. The molecule has 0 fully saturated rings. The fourth-order valence-electron chi connectivity index (χ4n) is 1.37. The Morgan fingerprint density at radius 2 is 2.05 bits per heavy atom. The van der Waals surface area contributed by atoms with Gasteiger partial charge in [0.15, 0.2) is 12.4 Å². The molecule has 0 saturated carbocycles. The zero-order valence-electron chi connectivity index (χ0n) is 9.79. The lowest BCUT2D eigenvalue weighted by atomic mass is 10.2. The number of benzene rings is 1. The number of carbonyl (C=O) groups excluding carboxylic acids is 1. The summed E-state index contributed by atoms with van der Waals surface area (Å²) in [6.07, 6.45) is 3.80. The molecule has 96 valence electrons. The zero-order valence-corrected chi connectivity index (χ0v) is 9.79. The molecule has 2 rings (SSSR count). The Morgan fingerprint density at radius 3 is 2.74 bits per heavy atom. The van der Waals surface area contributed by atoms with Crippen molar-refractivity contribution in [3.05, 3.63) is 70.9 Å². The molecule has 0 atom stereocenters. The number of amides is 1. The van der Waals surface area contributed by atoms with Crippen LogP contribution in [0.25, 0.3) is 0 Å². The summed E-state index contributed by atoms with van der Waals surface area (Å²) < 4.78 is 13.2. The first-order chi connectivity index (χ1) is 9.15. The molecule has 0 aliphatic heterocycles. The normalized spacial score (nSPS) is 10.6. The van der Waals surface area contributed by atoms with Gasteiger partial charge in [-0.1, -0.05) is 12.1 Å². The second-order valence-corrected chi connectivity index (χ2v) is 3.70. The Kier molecular flexibility index (Phi) is 3.82. The van der Waals surface area contributed by atoms with E-state index < -0.39 is 5.91 Å². The highest BCUT2D eigenvalue weighted by molar-refractivity contribution is 5.94. The topological polar surface area (TPSA) is 68.4 Å². The summed E-state index contributed by atoms with van der Waals surface area (Å²) >= 11 is 0. The van der Waals surface area contributed by atoms with Crippen LogP contribution in [0.1, 0.15) is 15.9 Å². The predicted molar refractivity (Wildman–Crippen MR) is 66.9 cm³/mol. The van der Waals surface area contributed by atoms with E-state index in [1.165, 1.54) is 48.8 Å². The standard InChI is InChI=1S/C13H10FN3O2/c14-12-5-3-10(4-6-12)8-15-16-13(18)11-2-1-7-17(19)9-11/h1-9H,(H,16,18)/b15-8+. The van der Waals surface area contributed by atoms with E-state index in [2.05, 4.69) is 10.5 Å². The van der Waals surface area contributed by atoms with E-state index in [1.807, 2.05) is 0 Å². The molecule has 1 aromatic heterocycles. The number of pyridine rings is 1. The van der Waals surface area contributed by atoms with Crippen LogP contribution < -0.4 is 10.2 Å². The Balaban J connectivity index is 1.98. The summed E-state index contributed by atoms with van der Waals surface area (Å²) in [4.78, 5) is 11.6. The van der Waals surface area contributed by atoms with E-state index in [4.69, 9.17) is 0 Å². The minimum absolute atomic E-state index is 0.203. The van der Waals surface area contributed by atoms with Crippen LogP contribution in [-0.2, 0) is 0 Å². The van der Waals surface area contributed by atoms with E-state index in [0.717, 1.165) is 6.20 Å². The molecule has 0 unspecified atom stereocenters. The van der Waals surface area contributed by atoms with Crippen molar-refractivity contribution in [2.75, 3.05) is 0 Å². The van der Waals surface area contributed by atoms with E-state index in [1.54, 1.807) is 0 Å². The Morgan fingerprint density at radius 1 is 1.32 bits per heavy atom. The van der Waals surface area contributed by atoms with Crippen molar-refractivity contribution in [1.82, 2.24) is 5.43 Å². The lowest BCUT2D eigenvalue weighted by Crippen LogP contribution is -2.28. The number of hydrogen-bond donors (Lipinski definition) is 1. The molecule has 1 N–H and O–H groups in total. The van der Waals surface area contributed by atoms with Crippen LogP contribution >= 0.6 is 0 Å². The van der Waals surface area contributed by atoms with Crippen LogP contribution in [0.5, 0.6) is 0 Å². The highest BCUT2D eigenvalue weighted by Crippen LogP contribution is 1.99. The van der Waals surface area contributed by atoms with Crippen LogP contribution in [-0.4, -0.2) is 12.1 Å². The van der Waals surface area contributed by atoms with Gasteiger partial charge in [-0.05, 0) is 23.8 Å². The number of carbonyl (C=O) groups is 1. The van der Waals surface area contributed by atoms with Crippen molar-refractivity contribution >= 4 is 12.1 Å². The molecular formula is C13H10FN3O2. The first kappa shape index (κ1) is 12.7. The van der Waals surface area contributed by atoms with Gasteiger partial charge in [0.05, 0.1) is 6.21 Å². The molecule has 0 bridgehead atoms. The Hall–Kier alpha value is -2.76. The van der Waals surface area contributed by atoms with Crippen LogP contribution in [0, 0.1) is 11.0 Å². The van der Waals surface area contributed by atoms with Gasteiger partial charge < -0.3 is 5.21 Å². The van der Waals surface area contributed by atoms with Crippen molar-refractivity contribution in [2.24, 2.45) is 5.10 Å². The van der Waals surface area contributed by atoms with Gasteiger partial charge >= 0.3 is 0 Å². The molecule has 1 amide bonds. The molecule has 0 spiro atoms. The van der Waals surface area contributed by atoms with Crippen molar-refractivity contribution in [3.63, 3.8) is 0 Å². The average Bonchev–Trinajstić information content (AvgIpc) is 2.41. The van der Waals surface area contributed by atoms with E-state index in [9.17, 15) is 14.4 Å². The number of aromatic nitrogens is 1. The molecule has 19 heavy (non-hydrogen) atoms. The van der Waals surface area contributed by atoms with Crippen LogP contribution in [0.3, 0.4) is 0 Å². The molecule has 1 heterocycles. The molecule has 0 saturated heterocycles. The number of nitrogens with zero attached hydrogens (tertiary/aromatic N) is 2. The number of nitrogens with one attached hydrogen (secondary N) is 1. The molecule has 6 heteroatoms. The van der Waals surface area contributed by atoms with Gasteiger partial charge in [-0.15, -0.1) is 0 Å². The van der Waals surface area contributed by atoms with Gasteiger partial charge in [-0.3, -0.25) is 4.79 Å². The summed E-state index contributed by atoms with van der Waals surface area (Å²) in [7, 11) is 0. The Labute approximate surface area is 108 Å². The maximum absolute atomic E-state index is 12.7. The first-order valence-corrected chi connectivity index (χ1v) is 5.43. The third-order valence-electron chi connectivity index (χ3n) is 2.29. The molecule has 0 radical (unpaired) electrons. The summed E-state index contributed by atoms with van der Waals surface area (Å²) in [5.74, 6) is -0.839. The van der Waals surface area contributed by atoms with Crippen LogP contribution in [0.2, 0.25) is 0 Å². The molecule has 5 nitrogen and oxygen atoms in total. The maximum atomic E-state index is 12.7. The van der Waals surface area contributed by atoms with Crippen molar-refractivity contribution in [3.8, 4) is 0 Å². The van der Waals surface area contributed by atoms with Gasteiger partial charge in [0.2, 0.25) is 0 Å². The molecular weight excluding hydrogens is 249 g/mol. The SMILES string of the molecule is O=C(N/N=C/c1ccc(F)cc1)c1ccc[n+]([O-])c1. The summed E-state index contributed by atoms with van der Waals surface area (Å²) in [5.41, 5.74) is 3.12. The van der Waals surface area contributed by atoms with Gasteiger partial charge in [0.25, 0.3) is 5.91 Å². The van der Waals surface area contributed by atoms with Gasteiger partial charge in [-0.25, -0.2) is 9.82 Å². The molecule has 0 aliphatic carbocycles. The second-order valence-electron chi connectivity index (χ2n) is 3.70. The van der Waals surface area contributed by atoms with E-state index in [0.29, 0.717) is 10.3 Å². The number of halogens is 1. The van der Waals surface area contributed by atoms with Crippen molar-refractivity contribution in [2.45, 2.75) is 0 Å². The fraction of sp³-hybridized carbons (Fsp3) is 0. The quantitative estimate of drug-likeness (QED) is 0.390. The van der Waals surface area contributed by atoms with E-state index in [-0.39, 0.29) is 11.4 Å². The lowest BCUT2D eigenvalue weighted by Gasteiger charge is -1.99. The minimum atomic E-state index is -0.497. The third-order valence-corrected chi connectivity index (χ3v) is 2.29. The second kappa shape index (κ2) is 5.72. The predicted octanol–water partition coefficient (Wildman–Crippen LogP) is 1.22. The highest BCUT2D eigenvalue weighted by atomic mass is 19.1. The van der Waals surface area contributed by atoms with Crippen molar-refractivity contribution in [1.29, 1.82) is 0 Å². The monoisotopic (exact) mass is 259 g/mol. The smallest absolute Gasteiger partial charge is 0.277 e. The maximum Gasteiger partial charge on any atom is 0.277 e. The number of rotatable bonds is 3. The van der Waals surface area contributed by atoms with Crippen molar-refractivity contribution < 1.29 is 13.9 Å². The first-order valence-electron chi connectivity index (χ1n) is 5.43. The van der Waals surface area contributed by atoms with Gasteiger partial charge in [0.1, 0.15) is 11.4 Å². The van der Waals surface area contributed by atoms with E-state index >= 15 is 0 Å². The lowest BCUT2D eigenvalue weighted by molar-refractivity contribution is -0.605. The third kappa shape index (κ3) is 3.60. The average molecular weight is 259 g/mol. The largest absolute Gasteiger partial charge is 0.619 e. The molecule has 0 aliphatic rings. The minimum Gasteiger partial charge on any atom is -0.619 e. The summed E-state index contributed by atoms with van der Waals surface area (Å²) in [6.45, 7) is 0. The zero-order chi connectivity index (χ0) is 13.7. The van der Waals surface area contributed by atoms with Gasteiger partial charge in [-0.2, -0.15) is 9.83 Å². The molecule has 1 aromatic carbocycles.